The van der Waals surface area contributed by atoms with Crippen molar-refractivity contribution in [1.29, 1.82) is 0 Å². The Hall–Kier alpha value is -2.71. The summed E-state index contributed by atoms with van der Waals surface area (Å²) in [6.45, 7) is 2.58. The van der Waals surface area contributed by atoms with Crippen LogP contribution in [0.15, 0.2) is 53.5 Å². The highest BCUT2D eigenvalue weighted by Crippen LogP contribution is 2.44. The van der Waals surface area contributed by atoms with Crippen molar-refractivity contribution < 1.29 is 14.0 Å². The fraction of sp³-hybridized carbons (Fsp3) is 0.286. The maximum Gasteiger partial charge on any atom is 0.257 e. The van der Waals surface area contributed by atoms with Gasteiger partial charge < -0.3 is 16.0 Å². The van der Waals surface area contributed by atoms with E-state index in [1.165, 1.54) is 30.8 Å². The second kappa shape index (κ2) is 7.96. The van der Waals surface area contributed by atoms with Crippen molar-refractivity contribution in [1.82, 2.24) is 10.6 Å². The summed E-state index contributed by atoms with van der Waals surface area (Å²) in [6.07, 6.45) is 0. The van der Waals surface area contributed by atoms with E-state index in [-0.39, 0.29) is 23.5 Å². The van der Waals surface area contributed by atoms with Crippen LogP contribution in [0.2, 0.25) is 0 Å². The number of thioether (sulfide) groups is 1. The topological polar surface area (TPSA) is 82.6 Å². The standard InChI is InChI=1S/C21H21FN4O2S/c1-13(27)24-16-7-8-18(22)17(9-16)21-12-23-10-15(21)11-29-20(26-21)25-19(28)14-5-3-2-4-6-14/h2-9,15,23H,10-12H2,1H3,(H,24,27)(H,25,26,28). The summed E-state index contributed by atoms with van der Waals surface area (Å²) in [5.41, 5.74) is 0.654. The number of nitrogens with zero attached hydrogens (tertiary/aromatic N) is 1. The van der Waals surface area contributed by atoms with Gasteiger partial charge in [0.15, 0.2) is 5.17 Å². The van der Waals surface area contributed by atoms with Crippen molar-refractivity contribution in [2.24, 2.45) is 10.9 Å². The van der Waals surface area contributed by atoms with Gasteiger partial charge in [0.1, 0.15) is 11.4 Å². The Kier molecular flexibility index (Phi) is 5.38. The van der Waals surface area contributed by atoms with Crippen LogP contribution in [0.1, 0.15) is 22.8 Å². The fourth-order valence-corrected chi connectivity index (χ4v) is 4.95. The van der Waals surface area contributed by atoms with E-state index in [4.69, 9.17) is 4.99 Å². The van der Waals surface area contributed by atoms with Crippen LogP contribution in [0.3, 0.4) is 0 Å². The molecule has 2 heterocycles. The Morgan fingerprint density at radius 1 is 1.21 bits per heavy atom. The first-order chi connectivity index (χ1) is 14.0. The number of carbonyl (C=O) groups excluding carboxylic acids is 2. The van der Waals surface area contributed by atoms with Crippen LogP contribution in [0.5, 0.6) is 0 Å². The van der Waals surface area contributed by atoms with Gasteiger partial charge in [-0.3, -0.25) is 9.59 Å². The van der Waals surface area contributed by atoms with E-state index in [0.717, 1.165) is 0 Å². The van der Waals surface area contributed by atoms with Crippen molar-refractivity contribution >= 4 is 34.4 Å². The molecule has 3 N–H and O–H groups in total. The molecule has 2 atom stereocenters. The van der Waals surface area contributed by atoms with Crippen LogP contribution in [-0.4, -0.2) is 35.8 Å². The molecule has 2 aliphatic heterocycles. The zero-order valence-electron chi connectivity index (χ0n) is 15.9. The summed E-state index contributed by atoms with van der Waals surface area (Å²) < 4.78 is 14.9. The predicted octanol–water partition coefficient (Wildman–Crippen LogP) is 2.73. The molecule has 0 radical (unpaired) electrons. The van der Waals surface area contributed by atoms with E-state index in [1.807, 2.05) is 6.07 Å². The number of hydrogen-bond donors (Lipinski definition) is 3. The molecular formula is C21H21FN4O2S. The number of halogens is 1. The first-order valence-corrected chi connectivity index (χ1v) is 10.3. The third-order valence-electron chi connectivity index (χ3n) is 5.19. The van der Waals surface area contributed by atoms with E-state index in [1.54, 1.807) is 30.3 Å². The van der Waals surface area contributed by atoms with Crippen molar-refractivity contribution in [3.63, 3.8) is 0 Å². The van der Waals surface area contributed by atoms with Crippen molar-refractivity contribution in [3.05, 3.63) is 65.5 Å². The minimum Gasteiger partial charge on any atom is -0.326 e. The highest BCUT2D eigenvalue weighted by molar-refractivity contribution is 8.13. The maximum atomic E-state index is 14.9. The number of amides is 2. The second-order valence-electron chi connectivity index (χ2n) is 7.18. The zero-order chi connectivity index (χ0) is 20.4. The summed E-state index contributed by atoms with van der Waals surface area (Å²) >= 11 is 1.46. The lowest BCUT2D eigenvalue weighted by Gasteiger charge is -2.36. The van der Waals surface area contributed by atoms with E-state index in [9.17, 15) is 14.0 Å². The molecule has 4 rings (SSSR count). The Morgan fingerprint density at radius 2 is 2.00 bits per heavy atom. The number of nitrogens with one attached hydrogen (secondary N) is 3. The molecule has 0 spiro atoms. The molecule has 8 heteroatoms. The quantitative estimate of drug-likeness (QED) is 0.724. The third-order valence-corrected chi connectivity index (χ3v) is 6.23. The molecule has 2 aromatic rings. The van der Waals surface area contributed by atoms with Gasteiger partial charge in [-0.25, -0.2) is 9.38 Å². The normalized spacial score (nSPS) is 23.1. The summed E-state index contributed by atoms with van der Waals surface area (Å²) in [4.78, 5) is 28.8. The third kappa shape index (κ3) is 3.90. The summed E-state index contributed by atoms with van der Waals surface area (Å²) in [5.74, 6) is -0.0715. The number of aliphatic imine (C=N–C) groups is 1. The lowest BCUT2D eigenvalue weighted by molar-refractivity contribution is -0.114. The highest BCUT2D eigenvalue weighted by atomic mass is 32.2. The molecule has 6 nitrogen and oxygen atoms in total. The number of anilines is 1. The van der Waals surface area contributed by atoms with Crippen molar-refractivity contribution in [3.8, 4) is 0 Å². The average molecular weight is 412 g/mol. The molecule has 0 saturated carbocycles. The molecule has 1 saturated heterocycles. The minimum absolute atomic E-state index is 0.0759. The molecule has 2 aliphatic rings. The molecule has 150 valence electrons. The summed E-state index contributed by atoms with van der Waals surface area (Å²) in [5, 5.41) is 9.35. The van der Waals surface area contributed by atoms with E-state index in [0.29, 0.717) is 40.8 Å². The van der Waals surface area contributed by atoms with Gasteiger partial charge in [-0.2, -0.15) is 0 Å². The number of benzene rings is 2. The zero-order valence-corrected chi connectivity index (χ0v) is 16.7. The first-order valence-electron chi connectivity index (χ1n) is 9.35. The van der Waals surface area contributed by atoms with Crippen LogP contribution >= 0.6 is 11.8 Å². The average Bonchev–Trinajstić information content (AvgIpc) is 3.14. The van der Waals surface area contributed by atoms with Crippen LogP contribution in [-0.2, 0) is 10.3 Å². The molecule has 0 aliphatic carbocycles. The molecule has 2 unspecified atom stereocenters. The smallest absolute Gasteiger partial charge is 0.257 e. The van der Waals surface area contributed by atoms with Crippen molar-refractivity contribution in [2.75, 3.05) is 24.2 Å². The molecule has 2 aromatic carbocycles. The summed E-state index contributed by atoms with van der Waals surface area (Å²) in [6, 6.07) is 13.4. The number of rotatable bonds is 3. The Balaban J connectivity index is 1.69. The number of carbonyl (C=O) groups is 2. The van der Waals surface area contributed by atoms with Gasteiger partial charge in [-0.05, 0) is 30.3 Å². The van der Waals surface area contributed by atoms with Gasteiger partial charge in [0, 0.05) is 48.5 Å². The second-order valence-corrected chi connectivity index (χ2v) is 8.18. The Morgan fingerprint density at radius 3 is 2.76 bits per heavy atom. The number of amidine groups is 1. The predicted molar refractivity (Wildman–Crippen MR) is 113 cm³/mol. The first kappa shape index (κ1) is 19.6. The van der Waals surface area contributed by atoms with Crippen molar-refractivity contribution in [2.45, 2.75) is 12.5 Å². The van der Waals surface area contributed by atoms with Gasteiger partial charge in [0.05, 0.1) is 0 Å². The lowest BCUT2D eigenvalue weighted by atomic mass is 9.81. The van der Waals surface area contributed by atoms with Crippen LogP contribution in [0.4, 0.5) is 10.1 Å². The van der Waals surface area contributed by atoms with Crippen LogP contribution in [0.25, 0.3) is 0 Å². The Labute approximate surface area is 172 Å². The van der Waals surface area contributed by atoms with Gasteiger partial charge in [0.25, 0.3) is 5.91 Å². The molecule has 29 heavy (non-hydrogen) atoms. The highest BCUT2D eigenvalue weighted by Gasteiger charge is 2.48. The SMILES string of the molecule is CC(=O)Nc1ccc(F)c(C23CNCC2CSC(NC(=O)c2ccccc2)=N3)c1. The van der Waals surface area contributed by atoms with E-state index < -0.39 is 5.54 Å². The van der Waals surface area contributed by atoms with E-state index >= 15 is 0 Å². The van der Waals surface area contributed by atoms with Gasteiger partial charge in [-0.15, -0.1) is 0 Å². The monoisotopic (exact) mass is 412 g/mol. The summed E-state index contributed by atoms with van der Waals surface area (Å²) in [7, 11) is 0. The fourth-order valence-electron chi connectivity index (χ4n) is 3.81. The molecule has 2 amide bonds. The van der Waals surface area contributed by atoms with Crippen LogP contribution in [0, 0.1) is 11.7 Å². The molecule has 0 bridgehead atoms. The van der Waals surface area contributed by atoms with Gasteiger partial charge in [-0.1, -0.05) is 30.0 Å². The van der Waals surface area contributed by atoms with Gasteiger partial charge in [0.2, 0.25) is 5.91 Å². The van der Waals surface area contributed by atoms with Gasteiger partial charge >= 0.3 is 0 Å². The molecular weight excluding hydrogens is 391 g/mol. The number of hydrogen-bond acceptors (Lipinski definition) is 5. The van der Waals surface area contributed by atoms with E-state index in [2.05, 4.69) is 16.0 Å². The van der Waals surface area contributed by atoms with Crippen LogP contribution < -0.4 is 16.0 Å². The number of fused-ring (bicyclic) bond motifs is 1. The lowest BCUT2D eigenvalue weighted by Crippen LogP contribution is -2.43. The maximum absolute atomic E-state index is 14.9. The largest absolute Gasteiger partial charge is 0.326 e. The Bertz CT molecular complexity index is 982. The molecule has 1 fully saturated rings. The molecule has 0 aromatic heterocycles. The minimum atomic E-state index is -0.830.